The summed E-state index contributed by atoms with van der Waals surface area (Å²) in [6.45, 7) is 3.10. The zero-order valence-electron chi connectivity index (χ0n) is 15.8. The Balaban J connectivity index is 0.00000225. The maximum atomic E-state index is 12.9. The molecule has 2 aromatic carbocycles. The number of carbonyl (C=O) groups excluding carboxylic acids is 1. The van der Waals surface area contributed by atoms with Crippen LogP contribution in [0.3, 0.4) is 0 Å². The topological polar surface area (TPSA) is 77.0 Å². The van der Waals surface area contributed by atoms with Crippen molar-refractivity contribution >= 4 is 18.3 Å². The van der Waals surface area contributed by atoms with E-state index >= 15 is 0 Å². The van der Waals surface area contributed by atoms with Gasteiger partial charge in [-0.2, -0.15) is 0 Å². The van der Waals surface area contributed by atoms with Crippen molar-refractivity contribution in [3.63, 3.8) is 0 Å². The second-order valence-corrected chi connectivity index (χ2v) is 6.88. The summed E-state index contributed by atoms with van der Waals surface area (Å²) in [6, 6.07) is 18.4. The Bertz CT molecular complexity index is 939. The minimum absolute atomic E-state index is 0. The average Bonchev–Trinajstić information content (AvgIpc) is 3.35. The van der Waals surface area contributed by atoms with Crippen molar-refractivity contribution in [1.29, 1.82) is 0 Å². The van der Waals surface area contributed by atoms with Gasteiger partial charge < -0.3 is 10.6 Å². The molecular weight excluding hydrogens is 374 g/mol. The van der Waals surface area contributed by atoms with Crippen molar-refractivity contribution in [1.82, 2.24) is 19.9 Å². The average molecular weight is 398 g/mol. The molecule has 0 aliphatic carbocycles. The van der Waals surface area contributed by atoms with Crippen LogP contribution in [0.2, 0.25) is 0 Å². The number of nitrogens with two attached hydrogens (primary N) is 1. The second kappa shape index (κ2) is 8.54. The van der Waals surface area contributed by atoms with E-state index in [-0.39, 0.29) is 24.4 Å². The standard InChI is InChI=1S/C21H23N5O.ClH/c1-15-20(21(27)25-13-5-8-19(25)14-22)23-24-26(15)18-11-9-17(10-12-18)16-6-3-2-4-7-16;/h2-4,6-7,9-12,19H,5,8,13-14,22H2,1H3;1H. The van der Waals surface area contributed by atoms with E-state index in [0.717, 1.165) is 41.9 Å². The normalized spacial score (nSPS) is 16.1. The van der Waals surface area contributed by atoms with Crippen LogP contribution in [-0.4, -0.2) is 44.9 Å². The largest absolute Gasteiger partial charge is 0.333 e. The molecule has 6 nitrogen and oxygen atoms in total. The Kier molecular flexibility index (Phi) is 6.11. The van der Waals surface area contributed by atoms with Gasteiger partial charge in [0.1, 0.15) is 0 Å². The van der Waals surface area contributed by atoms with E-state index in [1.54, 1.807) is 4.68 Å². The highest BCUT2D eigenvalue weighted by molar-refractivity contribution is 5.93. The van der Waals surface area contributed by atoms with Crippen molar-refractivity contribution in [2.45, 2.75) is 25.8 Å². The first-order valence-corrected chi connectivity index (χ1v) is 9.28. The van der Waals surface area contributed by atoms with E-state index in [1.165, 1.54) is 0 Å². The van der Waals surface area contributed by atoms with Gasteiger partial charge in [0, 0.05) is 19.1 Å². The van der Waals surface area contributed by atoms with Crippen LogP contribution in [0.4, 0.5) is 0 Å². The lowest BCUT2D eigenvalue weighted by Gasteiger charge is -2.22. The van der Waals surface area contributed by atoms with Gasteiger partial charge in [0.15, 0.2) is 5.69 Å². The molecule has 1 aliphatic heterocycles. The van der Waals surface area contributed by atoms with Crippen molar-refractivity contribution in [2.24, 2.45) is 5.73 Å². The predicted molar refractivity (Wildman–Crippen MR) is 112 cm³/mol. The van der Waals surface area contributed by atoms with Gasteiger partial charge >= 0.3 is 0 Å². The number of carbonyl (C=O) groups is 1. The first-order chi connectivity index (χ1) is 13.2. The molecule has 0 radical (unpaired) electrons. The number of likely N-dealkylation sites (tertiary alicyclic amines) is 1. The lowest BCUT2D eigenvalue weighted by molar-refractivity contribution is 0.0734. The molecule has 146 valence electrons. The summed E-state index contributed by atoms with van der Waals surface area (Å²) < 4.78 is 1.72. The summed E-state index contributed by atoms with van der Waals surface area (Å²) in [7, 11) is 0. The summed E-state index contributed by atoms with van der Waals surface area (Å²) >= 11 is 0. The van der Waals surface area contributed by atoms with Crippen LogP contribution in [0.1, 0.15) is 29.0 Å². The van der Waals surface area contributed by atoms with Gasteiger partial charge in [-0.25, -0.2) is 4.68 Å². The Labute approximate surface area is 170 Å². The molecule has 0 spiro atoms. The van der Waals surface area contributed by atoms with E-state index in [0.29, 0.717) is 12.2 Å². The van der Waals surface area contributed by atoms with Crippen molar-refractivity contribution < 1.29 is 4.79 Å². The lowest BCUT2D eigenvalue weighted by atomic mass is 10.1. The van der Waals surface area contributed by atoms with E-state index < -0.39 is 0 Å². The summed E-state index contributed by atoms with van der Waals surface area (Å²) in [4.78, 5) is 14.7. The zero-order valence-corrected chi connectivity index (χ0v) is 16.6. The highest BCUT2D eigenvalue weighted by Gasteiger charge is 2.31. The number of rotatable bonds is 4. The maximum absolute atomic E-state index is 12.9. The molecule has 1 saturated heterocycles. The molecule has 1 fully saturated rings. The molecule has 1 aliphatic rings. The van der Waals surface area contributed by atoms with Crippen LogP contribution >= 0.6 is 12.4 Å². The lowest BCUT2D eigenvalue weighted by Crippen LogP contribution is -2.40. The van der Waals surface area contributed by atoms with E-state index in [9.17, 15) is 4.79 Å². The Hall–Kier alpha value is -2.70. The summed E-state index contributed by atoms with van der Waals surface area (Å²) in [5.41, 5.74) is 10.1. The Morgan fingerprint density at radius 1 is 1.11 bits per heavy atom. The van der Waals surface area contributed by atoms with Crippen LogP contribution < -0.4 is 5.73 Å². The molecule has 3 aromatic rings. The van der Waals surface area contributed by atoms with Crippen LogP contribution in [0.15, 0.2) is 54.6 Å². The first-order valence-electron chi connectivity index (χ1n) is 9.28. The van der Waals surface area contributed by atoms with Crippen LogP contribution in [0.5, 0.6) is 0 Å². The molecular formula is C21H24ClN5O. The quantitative estimate of drug-likeness (QED) is 0.733. The maximum Gasteiger partial charge on any atom is 0.276 e. The van der Waals surface area contributed by atoms with E-state index in [4.69, 9.17) is 5.73 Å². The third kappa shape index (κ3) is 3.66. The van der Waals surface area contributed by atoms with Gasteiger partial charge in [-0.15, -0.1) is 17.5 Å². The fourth-order valence-corrected chi connectivity index (χ4v) is 3.68. The molecule has 2 N–H and O–H groups in total. The molecule has 1 atom stereocenters. The highest BCUT2D eigenvalue weighted by atomic mass is 35.5. The SMILES string of the molecule is Cc1c(C(=O)N2CCCC2CN)nnn1-c1ccc(-c2ccccc2)cc1.Cl. The zero-order chi connectivity index (χ0) is 18.8. The Morgan fingerprint density at radius 3 is 2.46 bits per heavy atom. The number of halogens is 1. The molecule has 4 rings (SSSR count). The molecule has 1 amide bonds. The number of amides is 1. The molecule has 0 bridgehead atoms. The molecule has 28 heavy (non-hydrogen) atoms. The van der Waals surface area contributed by atoms with Gasteiger partial charge in [-0.3, -0.25) is 4.79 Å². The van der Waals surface area contributed by atoms with E-state index in [2.05, 4.69) is 34.6 Å². The van der Waals surface area contributed by atoms with Gasteiger partial charge in [0.2, 0.25) is 0 Å². The van der Waals surface area contributed by atoms with Crippen LogP contribution in [-0.2, 0) is 0 Å². The molecule has 1 aromatic heterocycles. The van der Waals surface area contributed by atoms with Crippen LogP contribution in [0.25, 0.3) is 16.8 Å². The van der Waals surface area contributed by atoms with Crippen molar-refractivity contribution in [3.05, 3.63) is 66.0 Å². The van der Waals surface area contributed by atoms with Crippen LogP contribution in [0, 0.1) is 6.92 Å². The molecule has 1 unspecified atom stereocenters. The van der Waals surface area contributed by atoms with E-state index in [1.807, 2.05) is 42.2 Å². The number of hydrogen-bond acceptors (Lipinski definition) is 4. The van der Waals surface area contributed by atoms with Gasteiger partial charge in [-0.05, 0) is 43.0 Å². The number of benzene rings is 2. The first kappa shape index (κ1) is 20.0. The van der Waals surface area contributed by atoms with Crippen molar-refractivity contribution in [3.8, 4) is 16.8 Å². The highest BCUT2D eigenvalue weighted by Crippen LogP contribution is 2.23. The minimum Gasteiger partial charge on any atom is -0.333 e. The summed E-state index contributed by atoms with van der Waals surface area (Å²) in [5, 5.41) is 8.39. The second-order valence-electron chi connectivity index (χ2n) is 6.88. The smallest absolute Gasteiger partial charge is 0.276 e. The van der Waals surface area contributed by atoms with Gasteiger partial charge in [-0.1, -0.05) is 47.7 Å². The number of nitrogens with zero attached hydrogens (tertiary/aromatic N) is 4. The predicted octanol–water partition coefficient (Wildman–Crippen LogP) is 3.23. The summed E-state index contributed by atoms with van der Waals surface area (Å²) in [6.07, 6.45) is 1.94. The fourth-order valence-electron chi connectivity index (χ4n) is 3.68. The molecule has 0 saturated carbocycles. The van der Waals surface area contributed by atoms with Crippen molar-refractivity contribution in [2.75, 3.05) is 13.1 Å². The fraction of sp³-hybridized carbons (Fsp3) is 0.286. The minimum atomic E-state index is -0.0763. The van der Waals surface area contributed by atoms with Gasteiger partial charge in [0.05, 0.1) is 11.4 Å². The molecule has 7 heteroatoms. The van der Waals surface area contributed by atoms with Gasteiger partial charge in [0.25, 0.3) is 5.91 Å². The Morgan fingerprint density at radius 2 is 1.79 bits per heavy atom. The number of aromatic nitrogens is 3. The monoisotopic (exact) mass is 397 g/mol. The third-order valence-electron chi connectivity index (χ3n) is 5.23. The third-order valence-corrected chi connectivity index (χ3v) is 5.23. The molecule has 2 heterocycles. The summed E-state index contributed by atoms with van der Waals surface area (Å²) in [5.74, 6) is -0.0763. The number of hydrogen-bond donors (Lipinski definition) is 1.